The number of rotatable bonds is 2. The lowest BCUT2D eigenvalue weighted by molar-refractivity contribution is 0.0697. The van der Waals surface area contributed by atoms with Gasteiger partial charge in [0.2, 0.25) is 0 Å². The summed E-state index contributed by atoms with van der Waals surface area (Å²) >= 11 is 0. The molecule has 0 saturated carbocycles. The molecule has 0 bridgehead atoms. The molecular weight excluding hydrogens is 278 g/mol. The normalized spacial score (nSPS) is 10.3. The van der Waals surface area contributed by atoms with Crippen LogP contribution in [0.15, 0.2) is 54.6 Å². The molecule has 2 N–H and O–H groups in total. The number of aromatic hydroxyl groups is 1. The fourth-order valence-electron chi connectivity index (χ4n) is 2.42. The van der Waals surface area contributed by atoms with Gasteiger partial charge < -0.3 is 10.2 Å². The fraction of sp³-hybridized carbons (Fsp3) is 0. The Hall–Kier alpha value is -3.32. The lowest BCUT2D eigenvalue weighted by Crippen LogP contribution is -1.97. The Labute approximate surface area is 126 Å². The molecule has 0 fully saturated rings. The minimum Gasteiger partial charge on any atom is -0.508 e. The number of hydrogen-bond acceptors (Lipinski definition) is 3. The van der Waals surface area contributed by atoms with Crippen molar-refractivity contribution in [2.75, 3.05) is 0 Å². The Morgan fingerprint density at radius 1 is 0.955 bits per heavy atom. The zero-order valence-corrected chi connectivity index (χ0v) is 11.4. The van der Waals surface area contributed by atoms with Crippen molar-refractivity contribution >= 4 is 16.7 Å². The standard InChI is InChI=1S/C18H11NO3/c19-10-15-8-14(18(21)22)4-6-17(15)13-2-1-12-9-16(20)5-3-11(12)7-13/h1-9,20H,(H,21,22). The average molecular weight is 289 g/mol. The minimum atomic E-state index is -1.06. The predicted octanol–water partition coefficient (Wildman–Crippen LogP) is 3.78. The van der Waals surface area contributed by atoms with Gasteiger partial charge in [-0.3, -0.25) is 0 Å². The van der Waals surface area contributed by atoms with Crippen LogP contribution in [-0.2, 0) is 0 Å². The fourth-order valence-corrected chi connectivity index (χ4v) is 2.42. The molecule has 0 spiro atoms. The molecule has 0 radical (unpaired) electrons. The van der Waals surface area contributed by atoms with Gasteiger partial charge in [0.15, 0.2) is 0 Å². The second-order valence-corrected chi connectivity index (χ2v) is 4.92. The number of benzene rings is 3. The molecule has 4 nitrogen and oxygen atoms in total. The van der Waals surface area contributed by atoms with Crippen LogP contribution >= 0.6 is 0 Å². The molecular formula is C18H11NO3. The number of nitriles is 1. The summed E-state index contributed by atoms with van der Waals surface area (Å²) in [6.45, 7) is 0. The number of fused-ring (bicyclic) bond motifs is 1. The van der Waals surface area contributed by atoms with E-state index in [-0.39, 0.29) is 11.3 Å². The van der Waals surface area contributed by atoms with Gasteiger partial charge in [0, 0.05) is 0 Å². The van der Waals surface area contributed by atoms with E-state index in [2.05, 4.69) is 0 Å². The van der Waals surface area contributed by atoms with Crippen molar-refractivity contribution in [1.82, 2.24) is 0 Å². The van der Waals surface area contributed by atoms with Crippen molar-refractivity contribution in [2.45, 2.75) is 0 Å². The first-order valence-electron chi connectivity index (χ1n) is 6.59. The molecule has 0 aliphatic carbocycles. The monoisotopic (exact) mass is 289 g/mol. The first-order chi connectivity index (χ1) is 10.6. The molecule has 4 heteroatoms. The van der Waals surface area contributed by atoms with Crippen LogP contribution in [0.1, 0.15) is 15.9 Å². The number of carbonyl (C=O) groups is 1. The van der Waals surface area contributed by atoms with E-state index >= 15 is 0 Å². The van der Waals surface area contributed by atoms with Crippen molar-refractivity contribution in [3.63, 3.8) is 0 Å². The molecule has 22 heavy (non-hydrogen) atoms. The molecule has 0 atom stereocenters. The summed E-state index contributed by atoms with van der Waals surface area (Å²) < 4.78 is 0. The third-order valence-electron chi connectivity index (χ3n) is 3.52. The smallest absolute Gasteiger partial charge is 0.335 e. The molecule has 0 saturated heterocycles. The van der Waals surface area contributed by atoms with Crippen molar-refractivity contribution in [3.8, 4) is 22.9 Å². The Bertz CT molecular complexity index is 939. The van der Waals surface area contributed by atoms with Crippen LogP contribution in [0, 0.1) is 11.3 Å². The van der Waals surface area contributed by atoms with E-state index in [1.165, 1.54) is 12.1 Å². The number of hydrogen-bond donors (Lipinski definition) is 2. The topological polar surface area (TPSA) is 81.3 Å². The molecule has 106 valence electrons. The predicted molar refractivity (Wildman–Crippen MR) is 82.7 cm³/mol. The van der Waals surface area contributed by atoms with Crippen LogP contribution in [0.4, 0.5) is 0 Å². The highest BCUT2D eigenvalue weighted by Gasteiger charge is 2.10. The highest BCUT2D eigenvalue weighted by atomic mass is 16.4. The molecule has 0 amide bonds. The largest absolute Gasteiger partial charge is 0.508 e. The van der Waals surface area contributed by atoms with Gasteiger partial charge in [-0.15, -0.1) is 0 Å². The van der Waals surface area contributed by atoms with Gasteiger partial charge in [-0.25, -0.2) is 4.79 Å². The molecule has 0 aromatic heterocycles. The lowest BCUT2D eigenvalue weighted by Gasteiger charge is -2.07. The minimum absolute atomic E-state index is 0.0889. The maximum absolute atomic E-state index is 11.0. The summed E-state index contributed by atoms with van der Waals surface area (Å²) in [6, 6.07) is 17.2. The van der Waals surface area contributed by atoms with Crippen molar-refractivity contribution in [3.05, 3.63) is 65.7 Å². The third kappa shape index (κ3) is 2.36. The van der Waals surface area contributed by atoms with Crippen LogP contribution < -0.4 is 0 Å². The number of phenolic OH excluding ortho intramolecular Hbond substituents is 1. The molecule has 0 aliphatic rings. The second kappa shape index (κ2) is 5.23. The van der Waals surface area contributed by atoms with Gasteiger partial charge in [-0.05, 0) is 52.2 Å². The number of carboxylic acid groups (broad SMARTS) is 1. The van der Waals surface area contributed by atoms with E-state index in [1.807, 2.05) is 24.3 Å². The van der Waals surface area contributed by atoms with Gasteiger partial charge in [0.1, 0.15) is 5.75 Å². The van der Waals surface area contributed by atoms with Crippen LogP contribution in [0.25, 0.3) is 21.9 Å². The van der Waals surface area contributed by atoms with Crippen LogP contribution in [0.5, 0.6) is 5.75 Å². The van der Waals surface area contributed by atoms with Crippen molar-refractivity contribution < 1.29 is 15.0 Å². The zero-order chi connectivity index (χ0) is 15.7. The summed E-state index contributed by atoms with van der Waals surface area (Å²) in [6.07, 6.45) is 0. The maximum atomic E-state index is 11.0. The van der Waals surface area contributed by atoms with E-state index in [1.54, 1.807) is 24.3 Å². The van der Waals surface area contributed by atoms with Gasteiger partial charge in [-0.2, -0.15) is 5.26 Å². The van der Waals surface area contributed by atoms with Crippen LogP contribution in [0.2, 0.25) is 0 Å². The van der Waals surface area contributed by atoms with Crippen molar-refractivity contribution in [2.24, 2.45) is 0 Å². The average Bonchev–Trinajstić information content (AvgIpc) is 2.53. The second-order valence-electron chi connectivity index (χ2n) is 4.92. The quantitative estimate of drug-likeness (QED) is 0.752. The molecule has 3 aromatic carbocycles. The zero-order valence-electron chi connectivity index (χ0n) is 11.4. The Morgan fingerprint density at radius 2 is 1.68 bits per heavy atom. The lowest BCUT2D eigenvalue weighted by atomic mass is 9.96. The van der Waals surface area contributed by atoms with E-state index in [4.69, 9.17) is 5.11 Å². The first-order valence-corrected chi connectivity index (χ1v) is 6.59. The molecule has 0 heterocycles. The first kappa shape index (κ1) is 13.7. The van der Waals surface area contributed by atoms with E-state index < -0.39 is 5.97 Å². The summed E-state index contributed by atoms with van der Waals surface area (Å²) in [5.41, 5.74) is 1.91. The summed E-state index contributed by atoms with van der Waals surface area (Å²) in [5.74, 6) is -0.860. The van der Waals surface area contributed by atoms with E-state index in [9.17, 15) is 15.2 Å². The molecule has 0 unspecified atom stereocenters. The molecule has 3 rings (SSSR count). The van der Waals surface area contributed by atoms with Crippen LogP contribution in [-0.4, -0.2) is 16.2 Å². The summed E-state index contributed by atoms with van der Waals surface area (Å²) in [4.78, 5) is 11.0. The number of aromatic carboxylic acids is 1. The summed E-state index contributed by atoms with van der Waals surface area (Å²) in [7, 11) is 0. The number of phenols is 1. The highest BCUT2D eigenvalue weighted by Crippen LogP contribution is 2.29. The molecule has 0 aliphatic heterocycles. The van der Waals surface area contributed by atoms with Gasteiger partial charge >= 0.3 is 5.97 Å². The highest BCUT2D eigenvalue weighted by molar-refractivity contribution is 5.92. The number of carboxylic acids is 1. The Kier molecular flexibility index (Phi) is 3.24. The van der Waals surface area contributed by atoms with Crippen LogP contribution in [0.3, 0.4) is 0 Å². The third-order valence-corrected chi connectivity index (χ3v) is 3.52. The summed E-state index contributed by atoms with van der Waals surface area (Å²) in [5, 5.41) is 29.6. The van der Waals surface area contributed by atoms with Gasteiger partial charge in [-0.1, -0.05) is 24.3 Å². The Morgan fingerprint density at radius 3 is 2.41 bits per heavy atom. The Balaban J connectivity index is 2.17. The molecule has 3 aromatic rings. The van der Waals surface area contributed by atoms with Crippen molar-refractivity contribution in [1.29, 1.82) is 5.26 Å². The SMILES string of the molecule is N#Cc1cc(C(=O)O)ccc1-c1ccc2cc(O)ccc2c1. The number of nitrogens with zero attached hydrogens (tertiary/aromatic N) is 1. The van der Waals surface area contributed by atoms with E-state index in [0.717, 1.165) is 16.3 Å². The van der Waals surface area contributed by atoms with E-state index in [0.29, 0.717) is 11.1 Å². The van der Waals surface area contributed by atoms with Gasteiger partial charge in [0.25, 0.3) is 0 Å². The maximum Gasteiger partial charge on any atom is 0.335 e. The van der Waals surface area contributed by atoms with Gasteiger partial charge in [0.05, 0.1) is 17.2 Å².